The maximum Gasteiger partial charge on any atom is 0.245 e. The molecule has 0 bridgehead atoms. The molecule has 1 saturated heterocycles. The van der Waals surface area contributed by atoms with E-state index in [0.29, 0.717) is 18.9 Å². The Morgan fingerprint density at radius 2 is 2.05 bits per heavy atom. The van der Waals surface area contributed by atoms with E-state index in [1.54, 1.807) is 6.92 Å². The molecule has 3 unspecified atom stereocenters. The molecule has 4 nitrogen and oxygen atoms in total. The lowest BCUT2D eigenvalue weighted by molar-refractivity contribution is -0.134. The van der Waals surface area contributed by atoms with Crippen molar-refractivity contribution in [1.82, 2.24) is 10.2 Å². The van der Waals surface area contributed by atoms with Gasteiger partial charge in [-0.2, -0.15) is 0 Å². The molecule has 1 aromatic rings. The Labute approximate surface area is 129 Å². The van der Waals surface area contributed by atoms with Gasteiger partial charge in [-0.3, -0.25) is 9.59 Å². The van der Waals surface area contributed by atoms with Gasteiger partial charge in [0.05, 0.1) is 0 Å². The minimum absolute atomic E-state index is 0.0303. The van der Waals surface area contributed by atoms with Gasteiger partial charge in [0.1, 0.15) is 6.04 Å². The molecular weight excluding hydrogens is 284 g/mol. The van der Waals surface area contributed by atoms with Crippen LogP contribution in [0.5, 0.6) is 0 Å². The third kappa shape index (κ3) is 2.79. The fourth-order valence-corrected chi connectivity index (χ4v) is 4.34. The van der Waals surface area contributed by atoms with Crippen molar-refractivity contribution >= 4 is 23.6 Å². The largest absolute Gasteiger partial charge is 0.345 e. The van der Waals surface area contributed by atoms with Crippen LogP contribution in [0, 0.1) is 0 Å². The average molecular weight is 304 g/mol. The number of amides is 2. The SMILES string of the molecule is CC1NC(=O)CC(C)N(CC2CSc3ccccc32)C1=O. The Bertz CT molecular complexity index is 575. The smallest absolute Gasteiger partial charge is 0.245 e. The Hall–Kier alpha value is -1.49. The minimum Gasteiger partial charge on any atom is -0.345 e. The summed E-state index contributed by atoms with van der Waals surface area (Å²) in [7, 11) is 0. The van der Waals surface area contributed by atoms with Gasteiger partial charge in [0.25, 0.3) is 0 Å². The highest BCUT2D eigenvalue weighted by Gasteiger charge is 2.34. The van der Waals surface area contributed by atoms with Gasteiger partial charge in [-0.05, 0) is 25.5 Å². The van der Waals surface area contributed by atoms with E-state index in [-0.39, 0.29) is 17.9 Å². The summed E-state index contributed by atoms with van der Waals surface area (Å²) in [5.74, 6) is 1.36. The van der Waals surface area contributed by atoms with Crippen molar-refractivity contribution in [3.63, 3.8) is 0 Å². The van der Waals surface area contributed by atoms with Crippen LogP contribution in [0.1, 0.15) is 31.7 Å². The minimum atomic E-state index is -0.424. The van der Waals surface area contributed by atoms with Gasteiger partial charge in [0.2, 0.25) is 11.8 Å². The number of thioether (sulfide) groups is 1. The highest BCUT2D eigenvalue weighted by molar-refractivity contribution is 7.99. The molecule has 1 N–H and O–H groups in total. The quantitative estimate of drug-likeness (QED) is 0.909. The molecule has 0 radical (unpaired) electrons. The van der Waals surface area contributed by atoms with Crippen LogP contribution >= 0.6 is 11.8 Å². The Morgan fingerprint density at radius 3 is 2.86 bits per heavy atom. The first-order valence-corrected chi connectivity index (χ1v) is 8.36. The fraction of sp³-hybridized carbons (Fsp3) is 0.500. The molecule has 5 heteroatoms. The molecule has 0 aromatic heterocycles. The summed E-state index contributed by atoms with van der Waals surface area (Å²) < 4.78 is 0. The van der Waals surface area contributed by atoms with E-state index in [0.717, 1.165) is 5.75 Å². The first-order chi connectivity index (χ1) is 10.1. The van der Waals surface area contributed by atoms with Crippen LogP contribution in [0.2, 0.25) is 0 Å². The van der Waals surface area contributed by atoms with E-state index in [4.69, 9.17) is 0 Å². The second-order valence-corrected chi connectivity index (χ2v) is 6.94. The lowest BCUT2D eigenvalue weighted by atomic mass is 9.99. The molecule has 3 rings (SSSR count). The summed E-state index contributed by atoms with van der Waals surface area (Å²) in [6, 6.07) is 7.94. The molecule has 0 spiro atoms. The van der Waals surface area contributed by atoms with Crippen LogP contribution in [-0.4, -0.2) is 41.1 Å². The highest BCUT2D eigenvalue weighted by Crippen LogP contribution is 2.40. The summed E-state index contributed by atoms with van der Waals surface area (Å²) in [6.07, 6.45) is 0.386. The number of fused-ring (bicyclic) bond motifs is 1. The third-order valence-corrected chi connectivity index (χ3v) is 5.51. The summed E-state index contributed by atoms with van der Waals surface area (Å²) in [5, 5.41) is 2.76. The molecule has 1 aromatic carbocycles. The molecule has 2 aliphatic heterocycles. The highest BCUT2D eigenvalue weighted by atomic mass is 32.2. The maximum atomic E-state index is 12.5. The lowest BCUT2D eigenvalue weighted by Crippen LogP contribution is -2.46. The van der Waals surface area contributed by atoms with Gasteiger partial charge in [-0.25, -0.2) is 0 Å². The first kappa shape index (κ1) is 14.4. The molecule has 2 amide bonds. The van der Waals surface area contributed by atoms with Gasteiger partial charge >= 0.3 is 0 Å². The van der Waals surface area contributed by atoms with Crippen LogP contribution in [-0.2, 0) is 9.59 Å². The van der Waals surface area contributed by atoms with Crippen LogP contribution in [0.3, 0.4) is 0 Å². The summed E-state index contributed by atoms with van der Waals surface area (Å²) in [6.45, 7) is 4.43. The van der Waals surface area contributed by atoms with Crippen molar-refractivity contribution in [3.8, 4) is 0 Å². The zero-order chi connectivity index (χ0) is 15.0. The normalized spacial score (nSPS) is 29.0. The van der Waals surface area contributed by atoms with Crippen LogP contribution < -0.4 is 5.32 Å². The summed E-state index contributed by atoms with van der Waals surface area (Å²) in [4.78, 5) is 27.4. The van der Waals surface area contributed by atoms with Crippen molar-refractivity contribution in [2.24, 2.45) is 0 Å². The zero-order valence-electron chi connectivity index (χ0n) is 12.3. The molecule has 21 heavy (non-hydrogen) atoms. The predicted octanol–water partition coefficient (Wildman–Crippen LogP) is 2.00. The molecule has 2 aliphatic rings. The maximum absolute atomic E-state index is 12.5. The monoisotopic (exact) mass is 304 g/mol. The van der Waals surface area contributed by atoms with Gasteiger partial charge in [-0.1, -0.05) is 18.2 Å². The summed E-state index contributed by atoms with van der Waals surface area (Å²) >= 11 is 1.85. The Balaban J connectivity index is 1.80. The predicted molar refractivity (Wildman–Crippen MR) is 83.3 cm³/mol. The molecule has 112 valence electrons. The Morgan fingerprint density at radius 1 is 1.29 bits per heavy atom. The second kappa shape index (κ2) is 5.72. The number of benzene rings is 1. The van der Waals surface area contributed by atoms with Gasteiger partial charge in [0, 0.05) is 35.6 Å². The van der Waals surface area contributed by atoms with E-state index in [1.807, 2.05) is 23.6 Å². The van der Waals surface area contributed by atoms with Crippen molar-refractivity contribution < 1.29 is 9.59 Å². The van der Waals surface area contributed by atoms with E-state index < -0.39 is 6.04 Å². The van der Waals surface area contributed by atoms with Gasteiger partial charge in [-0.15, -0.1) is 11.8 Å². The van der Waals surface area contributed by atoms with E-state index in [9.17, 15) is 9.59 Å². The van der Waals surface area contributed by atoms with Crippen LogP contribution in [0.15, 0.2) is 29.2 Å². The standard InChI is InChI=1S/C16H20N2O2S/c1-10-7-15(19)17-11(2)16(20)18(10)8-12-9-21-14-6-4-3-5-13(12)14/h3-6,10-12H,7-9H2,1-2H3,(H,17,19). The Kier molecular flexibility index (Phi) is 3.93. The molecule has 3 atom stereocenters. The van der Waals surface area contributed by atoms with E-state index in [1.165, 1.54) is 10.5 Å². The van der Waals surface area contributed by atoms with Gasteiger partial charge in [0.15, 0.2) is 0 Å². The molecule has 1 fully saturated rings. The fourth-order valence-electron chi connectivity index (χ4n) is 3.09. The van der Waals surface area contributed by atoms with Crippen LogP contribution in [0.4, 0.5) is 0 Å². The van der Waals surface area contributed by atoms with Gasteiger partial charge < -0.3 is 10.2 Å². The second-order valence-electron chi connectivity index (χ2n) is 5.88. The number of carbonyl (C=O) groups is 2. The number of carbonyl (C=O) groups excluding carboxylic acids is 2. The number of nitrogens with one attached hydrogen (secondary N) is 1. The number of hydrogen-bond acceptors (Lipinski definition) is 3. The van der Waals surface area contributed by atoms with Crippen molar-refractivity contribution in [1.29, 1.82) is 0 Å². The van der Waals surface area contributed by atoms with Crippen molar-refractivity contribution in [2.75, 3.05) is 12.3 Å². The topological polar surface area (TPSA) is 49.4 Å². The zero-order valence-corrected chi connectivity index (χ0v) is 13.2. The van der Waals surface area contributed by atoms with Crippen LogP contribution in [0.25, 0.3) is 0 Å². The number of rotatable bonds is 2. The first-order valence-electron chi connectivity index (χ1n) is 7.38. The average Bonchev–Trinajstić information content (AvgIpc) is 2.83. The summed E-state index contributed by atoms with van der Waals surface area (Å²) in [5.41, 5.74) is 1.33. The molecule has 0 aliphatic carbocycles. The number of hydrogen-bond donors (Lipinski definition) is 1. The van der Waals surface area contributed by atoms with E-state index >= 15 is 0 Å². The lowest BCUT2D eigenvalue weighted by Gasteiger charge is -2.30. The third-order valence-electron chi connectivity index (χ3n) is 4.26. The number of nitrogens with zero attached hydrogens (tertiary/aromatic N) is 1. The van der Waals surface area contributed by atoms with Crippen molar-refractivity contribution in [3.05, 3.63) is 29.8 Å². The molecule has 2 heterocycles. The van der Waals surface area contributed by atoms with E-state index in [2.05, 4.69) is 29.6 Å². The molecule has 0 saturated carbocycles. The van der Waals surface area contributed by atoms with Crippen molar-refractivity contribution in [2.45, 2.75) is 43.2 Å². The molecular formula is C16H20N2O2S.